The lowest BCUT2D eigenvalue weighted by Gasteiger charge is -2.15. The molecular formula is C22H20N3O. The lowest BCUT2D eigenvalue weighted by molar-refractivity contribution is 0.256. The van der Waals surface area contributed by atoms with Crippen LogP contribution in [0, 0.1) is 13.8 Å². The summed E-state index contributed by atoms with van der Waals surface area (Å²) < 4.78 is 0. The SMILES string of the molecule is Cc1ccc(Cc2cc3c(cc2Nc2ccccc2)[N]C(=O)N3)c(C)c1. The van der Waals surface area contributed by atoms with E-state index >= 15 is 0 Å². The normalized spacial score (nSPS) is 12.3. The van der Waals surface area contributed by atoms with Crippen molar-refractivity contribution in [3.63, 3.8) is 0 Å². The van der Waals surface area contributed by atoms with Crippen molar-refractivity contribution in [2.75, 3.05) is 10.6 Å². The third-order valence-electron chi connectivity index (χ3n) is 4.62. The maximum absolute atomic E-state index is 11.6. The summed E-state index contributed by atoms with van der Waals surface area (Å²) in [7, 11) is 0. The van der Waals surface area contributed by atoms with Crippen LogP contribution in [0.3, 0.4) is 0 Å². The van der Waals surface area contributed by atoms with Gasteiger partial charge in [-0.05, 0) is 61.2 Å². The molecule has 1 heterocycles. The minimum absolute atomic E-state index is 0.311. The van der Waals surface area contributed by atoms with Gasteiger partial charge in [0.1, 0.15) is 0 Å². The van der Waals surface area contributed by atoms with Gasteiger partial charge in [-0.25, -0.2) is 4.79 Å². The van der Waals surface area contributed by atoms with Gasteiger partial charge in [-0.1, -0.05) is 42.0 Å². The average molecular weight is 342 g/mol. The first-order chi connectivity index (χ1) is 12.6. The zero-order chi connectivity index (χ0) is 18.1. The van der Waals surface area contributed by atoms with Gasteiger partial charge >= 0.3 is 6.03 Å². The van der Waals surface area contributed by atoms with E-state index in [1.54, 1.807) is 0 Å². The molecule has 0 unspecified atom stereocenters. The molecule has 129 valence electrons. The van der Waals surface area contributed by atoms with Crippen molar-refractivity contribution < 1.29 is 4.79 Å². The van der Waals surface area contributed by atoms with E-state index in [9.17, 15) is 4.79 Å². The van der Waals surface area contributed by atoms with E-state index in [4.69, 9.17) is 0 Å². The van der Waals surface area contributed by atoms with E-state index in [0.717, 1.165) is 29.0 Å². The van der Waals surface area contributed by atoms with Gasteiger partial charge in [0, 0.05) is 11.4 Å². The van der Waals surface area contributed by atoms with Crippen molar-refractivity contribution in [3.8, 4) is 0 Å². The number of aryl methyl sites for hydroxylation is 2. The number of rotatable bonds is 4. The molecule has 4 heteroatoms. The molecule has 2 N–H and O–H groups in total. The number of nitrogens with one attached hydrogen (secondary N) is 2. The minimum Gasteiger partial charge on any atom is -0.355 e. The zero-order valence-corrected chi connectivity index (χ0v) is 14.8. The molecule has 0 atom stereocenters. The van der Waals surface area contributed by atoms with E-state index in [1.165, 1.54) is 16.7 Å². The fourth-order valence-electron chi connectivity index (χ4n) is 3.27. The van der Waals surface area contributed by atoms with Crippen molar-refractivity contribution in [2.24, 2.45) is 0 Å². The highest BCUT2D eigenvalue weighted by molar-refractivity contribution is 6.03. The highest BCUT2D eigenvalue weighted by Crippen LogP contribution is 2.36. The number of nitrogens with zero attached hydrogens (tertiary/aromatic N) is 1. The first kappa shape index (κ1) is 16.2. The van der Waals surface area contributed by atoms with Crippen LogP contribution in [0.2, 0.25) is 0 Å². The number of para-hydroxylation sites is 1. The van der Waals surface area contributed by atoms with Crippen molar-refractivity contribution >= 4 is 28.8 Å². The zero-order valence-electron chi connectivity index (χ0n) is 14.8. The van der Waals surface area contributed by atoms with Crippen LogP contribution in [0.4, 0.5) is 27.5 Å². The molecule has 0 aromatic heterocycles. The third kappa shape index (κ3) is 3.26. The Hall–Kier alpha value is -3.27. The Kier molecular flexibility index (Phi) is 4.09. The monoisotopic (exact) mass is 342 g/mol. The fraction of sp³-hybridized carbons (Fsp3) is 0.136. The Bertz CT molecular complexity index is 980. The summed E-state index contributed by atoms with van der Waals surface area (Å²) >= 11 is 0. The number of urea groups is 1. The second kappa shape index (κ2) is 6.56. The number of hydrogen-bond donors (Lipinski definition) is 2. The summed E-state index contributed by atoms with van der Waals surface area (Å²) in [5.41, 5.74) is 8.34. The number of benzene rings is 3. The highest BCUT2D eigenvalue weighted by atomic mass is 16.2. The van der Waals surface area contributed by atoms with Crippen LogP contribution in [-0.4, -0.2) is 6.03 Å². The quantitative estimate of drug-likeness (QED) is 0.665. The molecule has 26 heavy (non-hydrogen) atoms. The van der Waals surface area contributed by atoms with Gasteiger partial charge in [0.15, 0.2) is 0 Å². The van der Waals surface area contributed by atoms with E-state index in [0.29, 0.717) is 5.69 Å². The Morgan fingerprint density at radius 2 is 1.77 bits per heavy atom. The van der Waals surface area contributed by atoms with Crippen LogP contribution in [0.15, 0.2) is 60.7 Å². The maximum Gasteiger partial charge on any atom is 0.346 e. The molecule has 3 aromatic carbocycles. The van der Waals surface area contributed by atoms with Gasteiger partial charge in [-0.3, -0.25) is 0 Å². The number of carbonyl (C=O) groups excluding carboxylic acids is 1. The molecule has 4 nitrogen and oxygen atoms in total. The van der Waals surface area contributed by atoms with Crippen molar-refractivity contribution in [1.29, 1.82) is 0 Å². The maximum atomic E-state index is 11.6. The summed E-state index contributed by atoms with van der Waals surface area (Å²) in [6, 6.07) is 20.2. The Labute approximate surface area is 153 Å². The summed E-state index contributed by atoms with van der Waals surface area (Å²) in [6.07, 6.45) is 0.782. The predicted octanol–water partition coefficient (Wildman–Crippen LogP) is 5.42. The molecule has 1 aliphatic rings. The van der Waals surface area contributed by atoms with Crippen LogP contribution >= 0.6 is 0 Å². The van der Waals surface area contributed by atoms with Gasteiger partial charge in [0.2, 0.25) is 0 Å². The predicted molar refractivity (Wildman–Crippen MR) is 106 cm³/mol. The second-order valence-corrected chi connectivity index (χ2v) is 6.67. The minimum atomic E-state index is -0.311. The van der Waals surface area contributed by atoms with Crippen LogP contribution in [0.5, 0.6) is 0 Å². The fourth-order valence-corrected chi connectivity index (χ4v) is 3.27. The molecule has 0 saturated heterocycles. The molecule has 3 aromatic rings. The largest absolute Gasteiger partial charge is 0.355 e. The highest BCUT2D eigenvalue weighted by Gasteiger charge is 2.21. The molecule has 0 fully saturated rings. The number of fused-ring (bicyclic) bond motifs is 1. The molecule has 0 spiro atoms. The summed E-state index contributed by atoms with van der Waals surface area (Å²) in [4.78, 5) is 11.6. The number of hydrogen-bond acceptors (Lipinski definition) is 2. The molecule has 0 bridgehead atoms. The Morgan fingerprint density at radius 1 is 0.962 bits per heavy atom. The number of amides is 2. The molecule has 2 amide bonds. The Morgan fingerprint density at radius 3 is 2.54 bits per heavy atom. The molecule has 1 radical (unpaired) electrons. The number of anilines is 3. The molecule has 1 aliphatic heterocycles. The van der Waals surface area contributed by atoms with Crippen molar-refractivity contribution in [3.05, 3.63) is 82.9 Å². The molecular weight excluding hydrogens is 322 g/mol. The molecule has 0 saturated carbocycles. The first-order valence-corrected chi connectivity index (χ1v) is 8.66. The van der Waals surface area contributed by atoms with Gasteiger partial charge in [0.05, 0.1) is 11.4 Å². The second-order valence-electron chi connectivity index (χ2n) is 6.67. The van der Waals surface area contributed by atoms with Gasteiger partial charge < -0.3 is 10.6 Å². The average Bonchev–Trinajstić information content (AvgIpc) is 2.97. The van der Waals surface area contributed by atoms with E-state index in [2.05, 4.69) is 48.0 Å². The number of carbonyl (C=O) groups is 1. The van der Waals surface area contributed by atoms with Crippen LogP contribution in [0.25, 0.3) is 0 Å². The van der Waals surface area contributed by atoms with Crippen molar-refractivity contribution in [2.45, 2.75) is 20.3 Å². The van der Waals surface area contributed by atoms with Crippen LogP contribution < -0.4 is 16.0 Å². The Balaban J connectivity index is 1.74. The van der Waals surface area contributed by atoms with Gasteiger partial charge in [-0.15, -0.1) is 0 Å². The van der Waals surface area contributed by atoms with Gasteiger partial charge in [0.25, 0.3) is 0 Å². The summed E-state index contributed by atoms with van der Waals surface area (Å²) in [6.45, 7) is 4.24. The van der Waals surface area contributed by atoms with E-state index < -0.39 is 0 Å². The van der Waals surface area contributed by atoms with Gasteiger partial charge in [-0.2, -0.15) is 5.32 Å². The molecule has 0 aliphatic carbocycles. The standard InChI is InChI=1S/C22H20N3O/c1-14-8-9-16(15(2)10-14)11-17-12-20-21(25-22(26)24-20)13-19(17)23-18-6-4-3-5-7-18/h3-10,12-13,23H,11H2,1-2H3,(H,24,26). The smallest absolute Gasteiger partial charge is 0.346 e. The molecule has 4 rings (SSSR count). The van der Waals surface area contributed by atoms with E-state index in [-0.39, 0.29) is 6.03 Å². The summed E-state index contributed by atoms with van der Waals surface area (Å²) in [5.74, 6) is 0. The summed E-state index contributed by atoms with van der Waals surface area (Å²) in [5, 5.41) is 10.3. The van der Waals surface area contributed by atoms with Crippen molar-refractivity contribution in [1.82, 2.24) is 5.32 Å². The lowest BCUT2D eigenvalue weighted by Crippen LogP contribution is -2.08. The van der Waals surface area contributed by atoms with E-state index in [1.807, 2.05) is 42.5 Å². The van der Waals surface area contributed by atoms with Crippen LogP contribution in [0.1, 0.15) is 22.3 Å². The lowest BCUT2D eigenvalue weighted by atomic mass is 9.97. The first-order valence-electron chi connectivity index (χ1n) is 8.66. The topological polar surface area (TPSA) is 55.2 Å². The third-order valence-corrected chi connectivity index (χ3v) is 4.62. The van der Waals surface area contributed by atoms with Crippen LogP contribution in [-0.2, 0) is 6.42 Å².